The molecule has 0 aliphatic carbocycles. The van der Waals surface area contributed by atoms with E-state index in [2.05, 4.69) is 5.32 Å². The molecule has 1 saturated heterocycles. The normalized spacial score (nSPS) is 26.1. The lowest BCUT2D eigenvalue weighted by Crippen LogP contribution is -2.68. The van der Waals surface area contributed by atoms with Gasteiger partial charge in [-0.15, -0.1) is 0 Å². The molecule has 1 aromatic carbocycles. The number of hydrogen-bond donors (Lipinski definition) is 2. The smallest absolute Gasteiger partial charge is 0.254 e. The quantitative estimate of drug-likeness (QED) is 0.328. The van der Waals surface area contributed by atoms with Gasteiger partial charge in [-0.1, -0.05) is 0 Å². The second kappa shape index (κ2) is 4.63. The first-order chi connectivity index (χ1) is 10.6. The average Bonchev–Trinajstić information content (AvgIpc) is 2.62. The lowest BCUT2D eigenvalue weighted by Gasteiger charge is -2.47. The van der Waals surface area contributed by atoms with Crippen LogP contribution < -0.4 is 11.1 Å². The van der Waals surface area contributed by atoms with Gasteiger partial charge in [0.05, 0.1) is 5.44 Å². The summed E-state index contributed by atoms with van der Waals surface area (Å²) in [6, 6.07) is 2.31. The van der Waals surface area contributed by atoms with E-state index in [0.29, 0.717) is 5.56 Å². The molecule has 1 aromatic rings. The Morgan fingerprint density at radius 1 is 1.22 bits per heavy atom. The fraction of sp³-hybridized carbons (Fsp3) is 0.308. The zero-order valence-electron chi connectivity index (χ0n) is 13.2. The molecule has 1 fully saturated rings. The van der Waals surface area contributed by atoms with E-state index in [-0.39, 0.29) is 30.0 Å². The Hall–Kier alpha value is -2.25. The molecular formula is C13H15B3FN3O3. The van der Waals surface area contributed by atoms with Gasteiger partial charge in [0, 0.05) is 23.0 Å². The van der Waals surface area contributed by atoms with E-state index in [0.717, 1.165) is 6.07 Å². The molecule has 0 spiro atoms. The maximum Gasteiger partial charge on any atom is 0.254 e. The van der Waals surface area contributed by atoms with Gasteiger partial charge in [0.2, 0.25) is 11.8 Å². The van der Waals surface area contributed by atoms with Crippen LogP contribution in [0.5, 0.6) is 0 Å². The van der Waals surface area contributed by atoms with Crippen molar-refractivity contribution in [3.05, 3.63) is 29.1 Å². The molecular weight excluding hydrogens is 298 g/mol. The fourth-order valence-corrected chi connectivity index (χ4v) is 3.81. The second-order valence-electron chi connectivity index (χ2n) is 6.77. The molecule has 3 N–H and O–H groups in total. The first-order valence-electron chi connectivity index (χ1n) is 7.37. The van der Waals surface area contributed by atoms with Gasteiger partial charge in [-0.2, -0.15) is 0 Å². The number of imide groups is 1. The second-order valence-corrected chi connectivity index (χ2v) is 6.77. The lowest BCUT2D eigenvalue weighted by atomic mass is 9.54. The minimum atomic E-state index is -1.20. The molecule has 3 amide bonds. The minimum absolute atomic E-state index is 0.141. The number of nitrogens with two attached hydrogens (primary N) is 1. The van der Waals surface area contributed by atoms with Crippen LogP contribution in [0.3, 0.4) is 0 Å². The Kier molecular flexibility index (Phi) is 3.15. The topological polar surface area (TPSA) is 92.5 Å². The van der Waals surface area contributed by atoms with Crippen LogP contribution in [0, 0.1) is 5.82 Å². The van der Waals surface area contributed by atoms with Crippen LogP contribution in [0.25, 0.3) is 0 Å². The van der Waals surface area contributed by atoms with Crippen LogP contribution in [-0.4, -0.2) is 51.6 Å². The zero-order chi connectivity index (χ0) is 17.2. The average molecular weight is 313 g/mol. The summed E-state index contributed by atoms with van der Waals surface area (Å²) in [4.78, 5) is 38.2. The highest BCUT2D eigenvalue weighted by molar-refractivity contribution is 6.45. The molecule has 1 atom stereocenters. The fourth-order valence-electron chi connectivity index (χ4n) is 3.81. The Bertz CT molecular complexity index is 770. The summed E-state index contributed by atoms with van der Waals surface area (Å²) in [5.41, 5.74) is 5.58. The van der Waals surface area contributed by atoms with E-state index in [1.54, 1.807) is 23.5 Å². The van der Waals surface area contributed by atoms with Crippen LogP contribution in [0.2, 0.25) is 0 Å². The largest absolute Gasteiger partial charge is 0.398 e. The summed E-state index contributed by atoms with van der Waals surface area (Å²) in [7, 11) is 5.15. The molecule has 116 valence electrons. The first-order valence-corrected chi connectivity index (χ1v) is 7.37. The molecule has 0 radical (unpaired) electrons. The van der Waals surface area contributed by atoms with E-state index in [1.807, 2.05) is 0 Å². The molecule has 3 rings (SSSR count). The monoisotopic (exact) mass is 313 g/mol. The third kappa shape index (κ3) is 2.00. The molecule has 0 aromatic heterocycles. The number of rotatable bonds is 1. The number of fused-ring (bicyclic) bond motifs is 1. The number of piperidine rings is 1. The van der Waals surface area contributed by atoms with Crippen LogP contribution >= 0.6 is 0 Å². The summed E-state index contributed by atoms with van der Waals surface area (Å²) < 4.78 is 13.7. The Balaban J connectivity index is 2.16. The molecule has 6 nitrogen and oxygen atoms in total. The Labute approximate surface area is 135 Å². The maximum atomic E-state index is 13.7. The van der Waals surface area contributed by atoms with Crippen molar-refractivity contribution in [2.24, 2.45) is 0 Å². The number of carbonyl (C=O) groups is 3. The number of nitrogens with one attached hydrogen (secondary N) is 1. The molecule has 0 saturated carbocycles. The van der Waals surface area contributed by atoms with Crippen molar-refractivity contribution in [3.63, 3.8) is 0 Å². The molecule has 0 bridgehead atoms. The Morgan fingerprint density at radius 3 is 2.48 bits per heavy atom. The highest BCUT2D eigenvalue weighted by Gasteiger charge is 2.55. The highest BCUT2D eigenvalue weighted by atomic mass is 19.1. The van der Waals surface area contributed by atoms with Gasteiger partial charge >= 0.3 is 0 Å². The van der Waals surface area contributed by atoms with Gasteiger partial charge in [-0.05, 0) is 24.1 Å². The van der Waals surface area contributed by atoms with E-state index in [1.165, 1.54) is 11.0 Å². The van der Waals surface area contributed by atoms with Gasteiger partial charge in [0.15, 0.2) is 0 Å². The predicted octanol–water partition coefficient (Wildman–Crippen LogP) is -2.99. The summed E-state index contributed by atoms with van der Waals surface area (Å²) >= 11 is 0. The van der Waals surface area contributed by atoms with Gasteiger partial charge in [0.1, 0.15) is 29.4 Å². The van der Waals surface area contributed by atoms with Gasteiger partial charge < -0.3 is 10.6 Å². The number of benzene rings is 1. The number of anilines is 1. The van der Waals surface area contributed by atoms with Crippen molar-refractivity contribution in [2.45, 2.75) is 23.6 Å². The van der Waals surface area contributed by atoms with Gasteiger partial charge in [0.25, 0.3) is 5.91 Å². The van der Waals surface area contributed by atoms with Gasteiger partial charge in [-0.25, -0.2) is 4.39 Å². The van der Waals surface area contributed by atoms with E-state index in [9.17, 15) is 18.8 Å². The third-order valence-corrected chi connectivity index (χ3v) is 4.81. The standard InChI is InChI=1S/C13H15B3FN3O3/c14-12(2-1-8(21)19-11(12)23)20-10(22)6-3-5(17)4-7(18)9(6)13(20,15)16/h3-4H,1-2,14-16,18H2,(H,19,21,23). The van der Waals surface area contributed by atoms with E-state index < -0.39 is 28.4 Å². The van der Waals surface area contributed by atoms with Crippen LogP contribution in [0.1, 0.15) is 28.8 Å². The van der Waals surface area contributed by atoms with Crippen LogP contribution in [0.4, 0.5) is 10.1 Å². The molecule has 2 aliphatic rings. The van der Waals surface area contributed by atoms with E-state index >= 15 is 0 Å². The number of carbonyl (C=O) groups excluding carboxylic acids is 3. The summed E-state index contributed by atoms with van der Waals surface area (Å²) in [6.07, 6.45) is 0.353. The van der Waals surface area contributed by atoms with Crippen molar-refractivity contribution in [1.29, 1.82) is 0 Å². The number of nitrogen functional groups attached to an aromatic ring is 1. The summed E-state index contributed by atoms with van der Waals surface area (Å²) in [5.74, 6) is -1.94. The summed E-state index contributed by atoms with van der Waals surface area (Å²) in [6.45, 7) is 0. The zero-order valence-corrected chi connectivity index (χ0v) is 13.2. The molecule has 1 unspecified atom stereocenters. The molecule has 2 heterocycles. The van der Waals surface area contributed by atoms with Gasteiger partial charge in [-0.3, -0.25) is 19.7 Å². The van der Waals surface area contributed by atoms with Crippen molar-refractivity contribution in [1.82, 2.24) is 10.2 Å². The number of hydrogen-bond acceptors (Lipinski definition) is 4. The number of amides is 3. The lowest BCUT2D eigenvalue weighted by molar-refractivity contribution is -0.139. The van der Waals surface area contributed by atoms with Crippen molar-refractivity contribution >= 4 is 46.9 Å². The van der Waals surface area contributed by atoms with Crippen molar-refractivity contribution < 1.29 is 18.8 Å². The molecule has 10 heteroatoms. The SMILES string of the molecule is BC1(N2C(=O)c3cc(F)cc(N)c3C2(B)B)CCC(=O)NC1=O. The molecule has 2 aliphatic heterocycles. The van der Waals surface area contributed by atoms with Crippen LogP contribution in [0.15, 0.2) is 12.1 Å². The molecule has 23 heavy (non-hydrogen) atoms. The predicted molar refractivity (Wildman–Crippen MR) is 89.4 cm³/mol. The maximum absolute atomic E-state index is 13.7. The summed E-state index contributed by atoms with van der Waals surface area (Å²) in [5, 5.41) is 1.39. The number of halogens is 1. The Morgan fingerprint density at radius 2 is 1.87 bits per heavy atom. The minimum Gasteiger partial charge on any atom is -0.398 e. The third-order valence-electron chi connectivity index (χ3n) is 4.81. The number of nitrogens with zero attached hydrogens (tertiary/aromatic N) is 1. The first kappa shape index (κ1) is 15.6. The van der Waals surface area contributed by atoms with E-state index in [4.69, 9.17) is 5.73 Å². The van der Waals surface area contributed by atoms with Crippen molar-refractivity contribution in [3.8, 4) is 0 Å². The van der Waals surface area contributed by atoms with Crippen LogP contribution in [-0.2, 0) is 14.9 Å². The highest BCUT2D eigenvalue weighted by Crippen LogP contribution is 2.43. The van der Waals surface area contributed by atoms with Crippen molar-refractivity contribution in [2.75, 3.05) is 5.73 Å².